The third kappa shape index (κ3) is 7.15. The largest absolute Gasteiger partial charge is 0.490 e. The van der Waals surface area contributed by atoms with Gasteiger partial charge in [-0.25, -0.2) is 0 Å². The zero-order valence-corrected chi connectivity index (χ0v) is 17.1. The van der Waals surface area contributed by atoms with Gasteiger partial charge in [0.2, 0.25) is 0 Å². The van der Waals surface area contributed by atoms with E-state index < -0.39 is 0 Å². The molecule has 1 aromatic rings. The van der Waals surface area contributed by atoms with Gasteiger partial charge in [-0.15, -0.1) is 24.0 Å². The minimum atomic E-state index is 0. The summed E-state index contributed by atoms with van der Waals surface area (Å²) in [5.41, 5.74) is 1.16. The molecule has 0 aliphatic carbocycles. The van der Waals surface area contributed by atoms with Crippen LogP contribution in [0.25, 0.3) is 0 Å². The lowest BCUT2D eigenvalue weighted by molar-refractivity contribution is 0.297. The first-order valence-corrected chi connectivity index (χ1v) is 8.66. The Labute approximate surface area is 162 Å². The van der Waals surface area contributed by atoms with Crippen molar-refractivity contribution >= 4 is 29.9 Å². The Morgan fingerprint density at radius 1 is 1.08 bits per heavy atom. The average Bonchev–Trinajstić information content (AvgIpc) is 2.82. The van der Waals surface area contributed by atoms with Crippen LogP contribution in [0.1, 0.15) is 44.6 Å². The molecule has 0 saturated carbocycles. The van der Waals surface area contributed by atoms with Crippen molar-refractivity contribution in [1.82, 2.24) is 10.6 Å². The van der Waals surface area contributed by atoms with Crippen molar-refractivity contribution in [3.05, 3.63) is 23.8 Å². The number of unbranched alkanes of at least 4 members (excludes halogenated alkanes) is 3. The molecule has 24 heavy (non-hydrogen) atoms. The number of guanidine groups is 1. The van der Waals surface area contributed by atoms with Crippen molar-refractivity contribution in [3.8, 4) is 11.5 Å². The number of aliphatic imine (C=N–C) groups is 1. The van der Waals surface area contributed by atoms with Crippen LogP contribution in [0, 0.1) is 0 Å². The van der Waals surface area contributed by atoms with Crippen LogP contribution >= 0.6 is 24.0 Å². The van der Waals surface area contributed by atoms with Crippen LogP contribution in [-0.2, 0) is 6.54 Å². The highest BCUT2D eigenvalue weighted by molar-refractivity contribution is 14.0. The Hall–Kier alpha value is -1.18. The fourth-order valence-corrected chi connectivity index (χ4v) is 2.48. The lowest BCUT2D eigenvalue weighted by Gasteiger charge is -2.13. The van der Waals surface area contributed by atoms with Crippen molar-refractivity contribution in [2.24, 2.45) is 4.99 Å². The molecule has 1 aliphatic heterocycles. The summed E-state index contributed by atoms with van der Waals surface area (Å²) in [6.45, 7) is 5.33. The van der Waals surface area contributed by atoms with Gasteiger partial charge in [-0.2, -0.15) is 0 Å². The van der Waals surface area contributed by atoms with E-state index in [-0.39, 0.29) is 24.0 Å². The van der Waals surface area contributed by atoms with E-state index in [1.165, 1.54) is 25.7 Å². The van der Waals surface area contributed by atoms with Gasteiger partial charge < -0.3 is 20.1 Å². The van der Waals surface area contributed by atoms with Gasteiger partial charge in [0.1, 0.15) is 0 Å². The fraction of sp³-hybridized carbons (Fsp3) is 0.611. The third-order valence-electron chi connectivity index (χ3n) is 3.82. The van der Waals surface area contributed by atoms with E-state index in [0.29, 0.717) is 13.2 Å². The van der Waals surface area contributed by atoms with E-state index in [1.807, 2.05) is 12.1 Å². The maximum atomic E-state index is 5.73. The molecule has 0 atom stereocenters. The van der Waals surface area contributed by atoms with Crippen molar-refractivity contribution in [1.29, 1.82) is 0 Å². The van der Waals surface area contributed by atoms with Gasteiger partial charge >= 0.3 is 0 Å². The lowest BCUT2D eigenvalue weighted by Crippen LogP contribution is -2.37. The molecule has 0 spiro atoms. The van der Waals surface area contributed by atoms with E-state index in [9.17, 15) is 0 Å². The van der Waals surface area contributed by atoms with Crippen LogP contribution in [0.2, 0.25) is 0 Å². The van der Waals surface area contributed by atoms with Crippen molar-refractivity contribution in [2.75, 3.05) is 26.8 Å². The highest BCUT2D eigenvalue weighted by atomic mass is 127. The van der Waals surface area contributed by atoms with Gasteiger partial charge in [-0.3, -0.25) is 4.99 Å². The number of ether oxygens (including phenoxy) is 2. The summed E-state index contributed by atoms with van der Waals surface area (Å²) in [5, 5.41) is 6.70. The van der Waals surface area contributed by atoms with Gasteiger partial charge in [0, 0.05) is 26.6 Å². The summed E-state index contributed by atoms with van der Waals surface area (Å²) < 4.78 is 11.4. The fourth-order valence-electron chi connectivity index (χ4n) is 2.48. The molecule has 0 bridgehead atoms. The number of halogens is 1. The number of hydrogen-bond acceptors (Lipinski definition) is 3. The van der Waals surface area contributed by atoms with E-state index in [2.05, 4.69) is 28.6 Å². The van der Waals surface area contributed by atoms with E-state index in [4.69, 9.17) is 9.47 Å². The summed E-state index contributed by atoms with van der Waals surface area (Å²) in [5.74, 6) is 2.52. The van der Waals surface area contributed by atoms with Gasteiger partial charge in [0.05, 0.1) is 13.2 Å². The monoisotopic (exact) mass is 447 g/mol. The van der Waals surface area contributed by atoms with Gasteiger partial charge in [-0.1, -0.05) is 32.3 Å². The molecule has 6 heteroatoms. The van der Waals surface area contributed by atoms with E-state index >= 15 is 0 Å². The van der Waals surface area contributed by atoms with Gasteiger partial charge in [0.15, 0.2) is 17.5 Å². The highest BCUT2D eigenvalue weighted by Crippen LogP contribution is 2.30. The second kappa shape index (κ2) is 12.2. The highest BCUT2D eigenvalue weighted by Gasteiger charge is 2.10. The predicted molar refractivity (Wildman–Crippen MR) is 110 cm³/mol. The Morgan fingerprint density at radius 3 is 2.62 bits per heavy atom. The Bertz CT molecular complexity index is 509. The molecule has 1 aliphatic rings. The molecule has 0 radical (unpaired) electrons. The second-order valence-corrected chi connectivity index (χ2v) is 5.74. The van der Waals surface area contributed by atoms with Crippen molar-refractivity contribution in [2.45, 2.75) is 45.6 Å². The number of benzene rings is 1. The maximum Gasteiger partial charge on any atom is 0.191 e. The Morgan fingerprint density at radius 2 is 1.88 bits per heavy atom. The molecule has 0 amide bonds. The molecular weight excluding hydrogens is 417 g/mol. The summed E-state index contributed by atoms with van der Waals surface area (Å²) in [7, 11) is 1.80. The summed E-state index contributed by atoms with van der Waals surface area (Å²) in [4.78, 5) is 4.26. The Kier molecular flexibility index (Phi) is 10.6. The lowest BCUT2D eigenvalue weighted by atomic mass is 10.2. The molecule has 5 nitrogen and oxygen atoms in total. The average molecular weight is 447 g/mol. The number of fused-ring (bicyclic) bond motifs is 1. The molecule has 2 rings (SSSR count). The van der Waals surface area contributed by atoms with Gasteiger partial charge in [-0.05, 0) is 24.1 Å². The molecule has 0 saturated heterocycles. The van der Waals surface area contributed by atoms with Crippen LogP contribution in [0.15, 0.2) is 23.2 Å². The number of nitrogens with one attached hydrogen (secondary N) is 2. The molecule has 0 aromatic heterocycles. The summed E-state index contributed by atoms with van der Waals surface area (Å²) >= 11 is 0. The van der Waals surface area contributed by atoms with Crippen LogP contribution in [0.3, 0.4) is 0 Å². The topological polar surface area (TPSA) is 54.9 Å². The van der Waals surface area contributed by atoms with Crippen LogP contribution in [0.5, 0.6) is 11.5 Å². The van der Waals surface area contributed by atoms with Crippen LogP contribution in [0.4, 0.5) is 0 Å². The zero-order chi connectivity index (χ0) is 16.3. The third-order valence-corrected chi connectivity index (χ3v) is 3.82. The van der Waals surface area contributed by atoms with Gasteiger partial charge in [0.25, 0.3) is 0 Å². The first-order chi connectivity index (χ1) is 11.3. The summed E-state index contributed by atoms with van der Waals surface area (Å²) in [6, 6.07) is 6.09. The smallest absolute Gasteiger partial charge is 0.191 e. The van der Waals surface area contributed by atoms with Crippen molar-refractivity contribution in [3.63, 3.8) is 0 Å². The number of rotatable bonds is 7. The standard InChI is InChI=1S/C18H29N3O2.HI/c1-3-4-5-6-10-20-18(19-2)21-14-15-8-9-16-17(13-15)23-12-7-11-22-16;/h8-9,13H,3-7,10-12,14H2,1-2H3,(H2,19,20,21);1H. The molecular formula is C18H30IN3O2. The molecule has 0 unspecified atom stereocenters. The second-order valence-electron chi connectivity index (χ2n) is 5.74. The normalized spacial score (nSPS) is 13.7. The molecule has 2 N–H and O–H groups in total. The first-order valence-electron chi connectivity index (χ1n) is 8.66. The molecule has 1 heterocycles. The molecule has 1 aromatic carbocycles. The van der Waals surface area contributed by atoms with E-state index in [0.717, 1.165) is 42.6 Å². The predicted octanol–water partition coefficient (Wildman–Crippen LogP) is 3.71. The SMILES string of the molecule is CCCCCCNC(=NC)NCc1ccc2c(c1)OCCCO2.I. The Balaban J connectivity index is 0.00000288. The maximum absolute atomic E-state index is 5.73. The minimum Gasteiger partial charge on any atom is -0.490 e. The van der Waals surface area contributed by atoms with E-state index in [1.54, 1.807) is 7.05 Å². The van der Waals surface area contributed by atoms with Crippen LogP contribution in [-0.4, -0.2) is 32.8 Å². The quantitative estimate of drug-likeness (QED) is 0.290. The number of hydrogen-bond donors (Lipinski definition) is 2. The van der Waals surface area contributed by atoms with Crippen LogP contribution < -0.4 is 20.1 Å². The molecule has 0 fully saturated rings. The minimum absolute atomic E-state index is 0. The summed E-state index contributed by atoms with van der Waals surface area (Å²) in [6.07, 6.45) is 5.93. The zero-order valence-electron chi connectivity index (χ0n) is 14.8. The molecule has 136 valence electrons. The first kappa shape index (κ1) is 20.9. The van der Waals surface area contributed by atoms with Crippen molar-refractivity contribution < 1.29 is 9.47 Å². The number of nitrogens with zero attached hydrogens (tertiary/aromatic N) is 1.